The number of amides is 1. The minimum Gasteiger partial charge on any atom is -0.484 e. The molecule has 0 unspecified atom stereocenters. The topological polar surface area (TPSA) is 75.6 Å². The fourth-order valence-electron chi connectivity index (χ4n) is 1.49. The molecular weight excluding hydrogens is 278 g/mol. The summed E-state index contributed by atoms with van der Waals surface area (Å²) in [6.07, 6.45) is 0. The van der Waals surface area contributed by atoms with E-state index in [1.165, 1.54) is 24.3 Å². The van der Waals surface area contributed by atoms with Crippen LogP contribution in [0.3, 0.4) is 0 Å². The lowest BCUT2D eigenvalue weighted by atomic mass is 10.2. The van der Waals surface area contributed by atoms with Crippen molar-refractivity contribution in [1.29, 1.82) is 0 Å². The van der Waals surface area contributed by atoms with Crippen LogP contribution in [-0.2, 0) is 11.3 Å². The monoisotopic (exact) mass is 291 g/mol. The van der Waals surface area contributed by atoms with Crippen molar-refractivity contribution in [2.24, 2.45) is 0 Å². The molecule has 0 aliphatic rings. The summed E-state index contributed by atoms with van der Waals surface area (Å²) in [5.41, 5.74) is 0.180. The van der Waals surface area contributed by atoms with Crippen molar-refractivity contribution in [3.05, 3.63) is 52.2 Å². The maximum atomic E-state index is 11.6. The van der Waals surface area contributed by atoms with E-state index in [1.807, 2.05) is 17.5 Å². The molecule has 6 heteroatoms. The molecule has 1 aromatic carbocycles. The van der Waals surface area contributed by atoms with Gasteiger partial charge < -0.3 is 15.2 Å². The Hall–Kier alpha value is -2.34. The number of ether oxygens (including phenoxy) is 1. The second-order valence-electron chi connectivity index (χ2n) is 3.97. The number of carbonyl (C=O) groups is 2. The predicted molar refractivity (Wildman–Crippen MR) is 75.1 cm³/mol. The van der Waals surface area contributed by atoms with Crippen LogP contribution in [0.2, 0.25) is 0 Å². The SMILES string of the molecule is O=C(COc1ccc(C(=O)O)cc1)NCc1cccs1. The number of rotatable bonds is 6. The zero-order valence-corrected chi connectivity index (χ0v) is 11.4. The van der Waals surface area contributed by atoms with Crippen LogP contribution in [0.4, 0.5) is 0 Å². The predicted octanol–water partition coefficient (Wildman–Crippen LogP) is 2.14. The molecule has 0 spiro atoms. The van der Waals surface area contributed by atoms with Gasteiger partial charge in [-0.05, 0) is 35.7 Å². The van der Waals surface area contributed by atoms with Gasteiger partial charge in [0.25, 0.3) is 5.91 Å². The lowest BCUT2D eigenvalue weighted by Gasteiger charge is -2.07. The van der Waals surface area contributed by atoms with Crippen LogP contribution in [-0.4, -0.2) is 23.6 Å². The number of hydrogen-bond donors (Lipinski definition) is 2. The minimum atomic E-state index is -0.995. The third-order valence-electron chi connectivity index (χ3n) is 2.51. The van der Waals surface area contributed by atoms with Crippen molar-refractivity contribution in [3.8, 4) is 5.75 Å². The molecule has 0 bridgehead atoms. The zero-order valence-electron chi connectivity index (χ0n) is 10.5. The Bertz CT molecular complexity index is 578. The van der Waals surface area contributed by atoms with Crippen LogP contribution < -0.4 is 10.1 Å². The number of carboxylic acids is 1. The summed E-state index contributed by atoms with van der Waals surface area (Å²) in [6, 6.07) is 9.78. The Morgan fingerprint density at radius 3 is 2.55 bits per heavy atom. The Labute approximate surface area is 119 Å². The molecule has 1 heterocycles. The van der Waals surface area contributed by atoms with Crippen molar-refractivity contribution in [2.75, 3.05) is 6.61 Å². The van der Waals surface area contributed by atoms with Gasteiger partial charge in [0.2, 0.25) is 0 Å². The van der Waals surface area contributed by atoms with Crippen LogP contribution in [0.5, 0.6) is 5.75 Å². The summed E-state index contributed by atoms with van der Waals surface area (Å²) in [5, 5.41) is 13.4. The largest absolute Gasteiger partial charge is 0.484 e. The van der Waals surface area contributed by atoms with Gasteiger partial charge in [-0.25, -0.2) is 4.79 Å². The molecule has 5 nitrogen and oxygen atoms in total. The molecule has 0 radical (unpaired) electrons. The van der Waals surface area contributed by atoms with Gasteiger partial charge in [0.15, 0.2) is 6.61 Å². The van der Waals surface area contributed by atoms with Crippen molar-refractivity contribution in [3.63, 3.8) is 0 Å². The fraction of sp³-hybridized carbons (Fsp3) is 0.143. The number of carboxylic acid groups (broad SMARTS) is 1. The number of thiophene rings is 1. The highest BCUT2D eigenvalue weighted by Crippen LogP contribution is 2.12. The lowest BCUT2D eigenvalue weighted by molar-refractivity contribution is -0.123. The van der Waals surface area contributed by atoms with E-state index in [9.17, 15) is 9.59 Å². The lowest BCUT2D eigenvalue weighted by Crippen LogP contribution is -2.28. The Balaban J connectivity index is 1.76. The molecule has 20 heavy (non-hydrogen) atoms. The van der Waals surface area contributed by atoms with Crippen LogP contribution in [0.1, 0.15) is 15.2 Å². The van der Waals surface area contributed by atoms with Crippen molar-refractivity contribution in [1.82, 2.24) is 5.32 Å². The quantitative estimate of drug-likeness (QED) is 0.855. The maximum absolute atomic E-state index is 11.6. The molecule has 0 aliphatic carbocycles. The zero-order chi connectivity index (χ0) is 14.4. The highest BCUT2D eigenvalue weighted by molar-refractivity contribution is 7.09. The Morgan fingerprint density at radius 1 is 1.20 bits per heavy atom. The number of benzene rings is 1. The van der Waals surface area contributed by atoms with Crippen molar-refractivity contribution >= 4 is 23.2 Å². The maximum Gasteiger partial charge on any atom is 0.335 e. The van der Waals surface area contributed by atoms with E-state index < -0.39 is 5.97 Å². The molecule has 0 atom stereocenters. The summed E-state index contributed by atoms with van der Waals surface area (Å²) in [4.78, 5) is 23.3. The summed E-state index contributed by atoms with van der Waals surface area (Å²) in [5.74, 6) is -0.757. The fourth-order valence-corrected chi connectivity index (χ4v) is 2.14. The van der Waals surface area contributed by atoms with E-state index in [0.717, 1.165) is 4.88 Å². The average molecular weight is 291 g/mol. The minimum absolute atomic E-state index is 0.0994. The van der Waals surface area contributed by atoms with E-state index in [1.54, 1.807) is 11.3 Å². The van der Waals surface area contributed by atoms with E-state index in [2.05, 4.69) is 5.32 Å². The first-order chi connectivity index (χ1) is 9.65. The van der Waals surface area contributed by atoms with E-state index in [-0.39, 0.29) is 18.1 Å². The highest BCUT2D eigenvalue weighted by Gasteiger charge is 2.05. The highest BCUT2D eigenvalue weighted by atomic mass is 32.1. The van der Waals surface area contributed by atoms with Gasteiger partial charge in [-0.1, -0.05) is 6.07 Å². The van der Waals surface area contributed by atoms with Gasteiger partial charge in [0, 0.05) is 4.88 Å². The molecule has 0 fully saturated rings. The van der Waals surface area contributed by atoms with Gasteiger partial charge in [-0.2, -0.15) is 0 Å². The van der Waals surface area contributed by atoms with Crippen LogP contribution in [0, 0.1) is 0 Å². The standard InChI is InChI=1S/C14H13NO4S/c16-13(15-8-12-2-1-7-20-12)9-19-11-5-3-10(4-6-11)14(17)18/h1-7H,8-9H2,(H,15,16)(H,17,18). The number of nitrogens with one attached hydrogen (secondary N) is 1. The molecular formula is C14H13NO4S. The molecule has 0 saturated heterocycles. The molecule has 104 valence electrons. The van der Waals surface area contributed by atoms with E-state index >= 15 is 0 Å². The second-order valence-corrected chi connectivity index (χ2v) is 5.01. The normalized spacial score (nSPS) is 10.0. The van der Waals surface area contributed by atoms with Gasteiger partial charge in [0.1, 0.15) is 5.75 Å². The number of hydrogen-bond acceptors (Lipinski definition) is 4. The Kier molecular flexibility index (Phi) is 4.73. The van der Waals surface area contributed by atoms with Crippen molar-refractivity contribution < 1.29 is 19.4 Å². The molecule has 2 N–H and O–H groups in total. The summed E-state index contributed by atoms with van der Waals surface area (Å²) in [6.45, 7) is 0.385. The van der Waals surface area contributed by atoms with Gasteiger partial charge in [-0.3, -0.25) is 4.79 Å². The first-order valence-corrected chi connectivity index (χ1v) is 6.78. The first-order valence-electron chi connectivity index (χ1n) is 5.90. The van der Waals surface area contributed by atoms with Gasteiger partial charge in [0.05, 0.1) is 12.1 Å². The third-order valence-corrected chi connectivity index (χ3v) is 3.39. The molecule has 2 aromatic rings. The van der Waals surface area contributed by atoms with Crippen LogP contribution in [0.15, 0.2) is 41.8 Å². The van der Waals surface area contributed by atoms with Crippen LogP contribution in [0.25, 0.3) is 0 Å². The molecule has 1 aromatic heterocycles. The molecule has 2 rings (SSSR count). The third kappa shape index (κ3) is 4.10. The first kappa shape index (κ1) is 14.1. The van der Waals surface area contributed by atoms with Crippen LogP contribution >= 0.6 is 11.3 Å². The van der Waals surface area contributed by atoms with Crippen molar-refractivity contribution in [2.45, 2.75) is 6.54 Å². The molecule has 0 saturated carbocycles. The summed E-state index contributed by atoms with van der Waals surface area (Å²) < 4.78 is 5.27. The summed E-state index contributed by atoms with van der Waals surface area (Å²) >= 11 is 1.57. The smallest absolute Gasteiger partial charge is 0.335 e. The average Bonchev–Trinajstić information content (AvgIpc) is 2.96. The molecule has 1 amide bonds. The van der Waals surface area contributed by atoms with E-state index in [4.69, 9.17) is 9.84 Å². The molecule has 0 aliphatic heterocycles. The van der Waals surface area contributed by atoms with Gasteiger partial charge in [-0.15, -0.1) is 11.3 Å². The van der Waals surface area contributed by atoms with Gasteiger partial charge >= 0.3 is 5.97 Å². The number of carbonyl (C=O) groups excluding carboxylic acids is 1. The second kappa shape index (κ2) is 6.72. The number of aromatic carboxylic acids is 1. The van der Waals surface area contributed by atoms with E-state index in [0.29, 0.717) is 12.3 Å². The Morgan fingerprint density at radius 2 is 1.95 bits per heavy atom. The summed E-state index contributed by atoms with van der Waals surface area (Å²) in [7, 11) is 0.